The summed E-state index contributed by atoms with van der Waals surface area (Å²) in [7, 11) is 0. The predicted molar refractivity (Wildman–Crippen MR) is 88.2 cm³/mol. The Labute approximate surface area is 134 Å². The lowest BCUT2D eigenvalue weighted by molar-refractivity contribution is -0.133. The fourth-order valence-corrected chi connectivity index (χ4v) is 3.64. The Morgan fingerprint density at radius 3 is 2.78 bits per heavy atom. The van der Waals surface area contributed by atoms with E-state index in [9.17, 15) is 9.59 Å². The van der Waals surface area contributed by atoms with E-state index in [0.29, 0.717) is 23.1 Å². The summed E-state index contributed by atoms with van der Waals surface area (Å²) in [4.78, 5) is 33.8. The fraction of sp³-hybridized carbons (Fsp3) is 0.500. The van der Waals surface area contributed by atoms with Crippen LogP contribution in [-0.4, -0.2) is 33.9 Å². The van der Waals surface area contributed by atoms with Gasteiger partial charge in [0.05, 0.1) is 10.9 Å². The number of aromatic nitrogens is 2. The number of rotatable bonds is 2. The lowest BCUT2D eigenvalue weighted by Gasteiger charge is -2.32. The second kappa shape index (κ2) is 5.48. The van der Waals surface area contributed by atoms with Crippen molar-refractivity contribution in [1.29, 1.82) is 0 Å². The molecule has 4 rings (SSSR count). The van der Waals surface area contributed by atoms with Crippen molar-refractivity contribution in [3.05, 3.63) is 40.4 Å². The number of amides is 1. The first-order chi connectivity index (χ1) is 11.1. The second-order valence-electron chi connectivity index (χ2n) is 6.91. The molecule has 2 aliphatic rings. The monoisotopic (exact) mass is 311 g/mol. The van der Waals surface area contributed by atoms with Gasteiger partial charge in [-0.3, -0.25) is 14.6 Å². The number of piperidine rings is 1. The smallest absolute Gasteiger partial charge is 0.257 e. The van der Waals surface area contributed by atoms with Crippen molar-refractivity contribution in [3.8, 4) is 0 Å². The number of fused-ring (bicyclic) bond motifs is 1. The summed E-state index contributed by atoms with van der Waals surface area (Å²) in [5.41, 5.74) is 1.63. The Bertz CT molecular complexity index is 805. The number of aromatic amines is 1. The van der Waals surface area contributed by atoms with Crippen LogP contribution < -0.4 is 5.56 Å². The molecule has 5 nitrogen and oxygen atoms in total. The van der Waals surface area contributed by atoms with E-state index in [0.717, 1.165) is 43.6 Å². The van der Waals surface area contributed by atoms with Gasteiger partial charge in [0.2, 0.25) is 5.91 Å². The van der Waals surface area contributed by atoms with Crippen molar-refractivity contribution < 1.29 is 4.79 Å². The van der Waals surface area contributed by atoms with Crippen molar-refractivity contribution in [3.63, 3.8) is 0 Å². The van der Waals surface area contributed by atoms with E-state index in [2.05, 4.69) is 16.9 Å². The fourth-order valence-electron chi connectivity index (χ4n) is 3.64. The molecule has 1 amide bonds. The van der Waals surface area contributed by atoms with Gasteiger partial charge >= 0.3 is 0 Å². The van der Waals surface area contributed by atoms with Crippen LogP contribution in [0.4, 0.5) is 0 Å². The van der Waals surface area contributed by atoms with Crippen molar-refractivity contribution >= 4 is 16.8 Å². The molecule has 0 unspecified atom stereocenters. The molecule has 1 aliphatic carbocycles. The number of nitrogens with zero attached hydrogens (tertiary/aromatic N) is 2. The topological polar surface area (TPSA) is 66.1 Å². The summed E-state index contributed by atoms with van der Waals surface area (Å²) in [5.74, 6) is 1.44. The zero-order valence-corrected chi connectivity index (χ0v) is 13.3. The lowest BCUT2D eigenvalue weighted by Crippen LogP contribution is -2.39. The molecular formula is C18H21N3O2. The van der Waals surface area contributed by atoms with Crippen LogP contribution in [-0.2, 0) is 4.79 Å². The summed E-state index contributed by atoms with van der Waals surface area (Å²) in [5, 5.41) is 0.631. The third kappa shape index (κ3) is 2.64. The molecule has 0 bridgehead atoms. The zero-order chi connectivity index (χ0) is 16.0. The number of H-pyrrole nitrogens is 1. The third-order valence-corrected chi connectivity index (χ3v) is 5.31. The van der Waals surface area contributed by atoms with Crippen LogP contribution in [0.1, 0.15) is 37.8 Å². The van der Waals surface area contributed by atoms with Gasteiger partial charge in [0.25, 0.3) is 5.56 Å². The van der Waals surface area contributed by atoms with Gasteiger partial charge in [-0.25, -0.2) is 0 Å². The van der Waals surface area contributed by atoms with Gasteiger partial charge in [0, 0.05) is 36.8 Å². The normalized spacial score (nSPS) is 24.8. The number of nitrogens with one attached hydrogen (secondary N) is 1. The molecule has 120 valence electrons. The maximum absolute atomic E-state index is 12.3. The summed E-state index contributed by atoms with van der Waals surface area (Å²) < 4.78 is 0. The Kier molecular flexibility index (Phi) is 3.43. The van der Waals surface area contributed by atoms with Crippen LogP contribution in [0.5, 0.6) is 0 Å². The molecule has 0 radical (unpaired) electrons. The summed E-state index contributed by atoms with van der Waals surface area (Å²) in [6.45, 7) is 3.71. The number of likely N-dealkylation sites (tertiary alicyclic amines) is 1. The standard InChI is InChI=1S/C18H21N3O2/c1-11-9-14(11)18(23)21-7-4-12(5-8-21)15-10-16-13(17(22)20-15)3-2-6-19-16/h2-3,6,10-12,14H,4-5,7-9H2,1H3,(H,20,22)/t11-,14+/m0/s1. The van der Waals surface area contributed by atoms with Gasteiger partial charge in [-0.05, 0) is 43.4 Å². The van der Waals surface area contributed by atoms with E-state index < -0.39 is 0 Å². The highest BCUT2D eigenvalue weighted by molar-refractivity contribution is 5.81. The zero-order valence-electron chi connectivity index (χ0n) is 13.3. The molecule has 1 aliphatic heterocycles. The molecule has 0 spiro atoms. The molecule has 1 N–H and O–H groups in total. The van der Waals surface area contributed by atoms with Crippen LogP contribution in [0, 0.1) is 11.8 Å². The van der Waals surface area contributed by atoms with E-state index in [-0.39, 0.29) is 11.5 Å². The Balaban J connectivity index is 1.50. The van der Waals surface area contributed by atoms with E-state index in [4.69, 9.17) is 0 Å². The average molecular weight is 311 g/mol. The highest BCUT2D eigenvalue weighted by Gasteiger charge is 2.42. The predicted octanol–water partition coefficient (Wildman–Crippen LogP) is 2.29. The van der Waals surface area contributed by atoms with Crippen LogP contribution in [0.2, 0.25) is 0 Å². The highest BCUT2D eigenvalue weighted by atomic mass is 16.2. The second-order valence-corrected chi connectivity index (χ2v) is 6.91. The highest BCUT2D eigenvalue weighted by Crippen LogP contribution is 2.40. The van der Waals surface area contributed by atoms with Gasteiger partial charge in [0.15, 0.2) is 0 Å². The molecule has 2 aromatic rings. The first-order valence-electron chi connectivity index (χ1n) is 8.40. The van der Waals surface area contributed by atoms with Gasteiger partial charge in [-0.2, -0.15) is 0 Å². The van der Waals surface area contributed by atoms with Crippen molar-refractivity contribution in [2.75, 3.05) is 13.1 Å². The minimum absolute atomic E-state index is 0.0732. The molecule has 1 saturated heterocycles. The maximum Gasteiger partial charge on any atom is 0.257 e. The first kappa shape index (κ1) is 14.4. The molecule has 1 saturated carbocycles. The number of hydrogen-bond donors (Lipinski definition) is 1. The minimum Gasteiger partial charge on any atom is -0.342 e. The Morgan fingerprint density at radius 1 is 1.35 bits per heavy atom. The van der Waals surface area contributed by atoms with E-state index in [1.165, 1.54) is 0 Å². The molecular weight excluding hydrogens is 290 g/mol. The van der Waals surface area contributed by atoms with Gasteiger partial charge < -0.3 is 9.88 Å². The molecule has 23 heavy (non-hydrogen) atoms. The summed E-state index contributed by atoms with van der Waals surface area (Å²) in [6.07, 6.45) is 4.56. The van der Waals surface area contributed by atoms with E-state index in [1.54, 1.807) is 18.3 Å². The average Bonchev–Trinajstić information content (AvgIpc) is 3.31. The number of carbonyl (C=O) groups excluding carboxylic acids is 1. The molecule has 0 aromatic carbocycles. The van der Waals surface area contributed by atoms with E-state index in [1.807, 2.05) is 11.0 Å². The van der Waals surface area contributed by atoms with Crippen LogP contribution >= 0.6 is 0 Å². The quantitative estimate of drug-likeness (QED) is 0.925. The third-order valence-electron chi connectivity index (χ3n) is 5.31. The van der Waals surface area contributed by atoms with E-state index >= 15 is 0 Å². The SMILES string of the molecule is C[C@H]1C[C@H]1C(=O)N1CCC(c2cc3ncccc3c(=O)[nH]2)CC1. The van der Waals surface area contributed by atoms with Crippen LogP contribution in [0.25, 0.3) is 10.9 Å². The number of pyridine rings is 2. The maximum atomic E-state index is 12.3. The Hall–Kier alpha value is -2.17. The van der Waals surface area contributed by atoms with Crippen molar-refractivity contribution in [2.45, 2.75) is 32.1 Å². The largest absolute Gasteiger partial charge is 0.342 e. The molecule has 5 heteroatoms. The van der Waals surface area contributed by atoms with Crippen molar-refractivity contribution in [2.24, 2.45) is 11.8 Å². The molecule has 2 aromatic heterocycles. The molecule has 2 fully saturated rings. The summed E-state index contributed by atoms with van der Waals surface area (Å²) in [6, 6.07) is 5.56. The van der Waals surface area contributed by atoms with Crippen LogP contribution in [0.3, 0.4) is 0 Å². The molecule has 2 atom stereocenters. The van der Waals surface area contributed by atoms with Gasteiger partial charge in [0.1, 0.15) is 0 Å². The molecule has 3 heterocycles. The Morgan fingerprint density at radius 2 is 2.09 bits per heavy atom. The number of carbonyl (C=O) groups is 1. The lowest BCUT2D eigenvalue weighted by atomic mass is 9.92. The first-order valence-corrected chi connectivity index (χ1v) is 8.40. The van der Waals surface area contributed by atoms with Gasteiger partial charge in [-0.1, -0.05) is 6.92 Å². The van der Waals surface area contributed by atoms with Crippen molar-refractivity contribution in [1.82, 2.24) is 14.9 Å². The number of hydrogen-bond acceptors (Lipinski definition) is 3. The van der Waals surface area contributed by atoms with Crippen LogP contribution in [0.15, 0.2) is 29.2 Å². The van der Waals surface area contributed by atoms with Gasteiger partial charge in [-0.15, -0.1) is 0 Å². The summed E-state index contributed by atoms with van der Waals surface area (Å²) >= 11 is 0. The minimum atomic E-state index is -0.0732.